The number of anilines is 1. The second-order valence-corrected chi connectivity index (χ2v) is 8.46. The Kier molecular flexibility index (Phi) is 6.36. The number of amides is 1. The zero-order chi connectivity index (χ0) is 17.7. The molecule has 0 aromatic heterocycles. The summed E-state index contributed by atoms with van der Waals surface area (Å²) in [5, 5.41) is 2.75. The van der Waals surface area contributed by atoms with Crippen molar-refractivity contribution >= 4 is 44.2 Å². The number of benzene rings is 2. The Morgan fingerprint density at radius 2 is 1.88 bits per heavy atom. The molecule has 2 aromatic rings. The van der Waals surface area contributed by atoms with Gasteiger partial charge in [0, 0.05) is 22.2 Å². The third-order valence-corrected chi connectivity index (χ3v) is 5.66. The first-order chi connectivity index (χ1) is 11.3. The Hall–Kier alpha value is -1.45. The topological polar surface area (TPSA) is 75.3 Å². The van der Waals surface area contributed by atoms with Crippen molar-refractivity contribution < 1.29 is 13.2 Å². The summed E-state index contributed by atoms with van der Waals surface area (Å²) < 4.78 is 28.2. The molecule has 128 valence electrons. The largest absolute Gasteiger partial charge is 0.326 e. The number of nitrogens with one attached hydrogen (secondary N) is 2. The lowest BCUT2D eigenvalue weighted by molar-refractivity contribution is -0.116. The van der Waals surface area contributed by atoms with Gasteiger partial charge >= 0.3 is 0 Å². The van der Waals surface area contributed by atoms with E-state index < -0.39 is 10.0 Å². The van der Waals surface area contributed by atoms with Crippen molar-refractivity contribution in [3.05, 3.63) is 57.2 Å². The normalized spacial score (nSPS) is 11.3. The molecule has 0 fully saturated rings. The van der Waals surface area contributed by atoms with E-state index in [-0.39, 0.29) is 23.8 Å². The minimum atomic E-state index is -3.62. The van der Waals surface area contributed by atoms with E-state index in [2.05, 4.69) is 32.6 Å². The summed E-state index contributed by atoms with van der Waals surface area (Å²) in [7, 11) is -3.62. The summed E-state index contributed by atoms with van der Waals surface area (Å²) in [6, 6.07) is 12.7. The fourth-order valence-corrected chi connectivity index (χ4v) is 4.07. The van der Waals surface area contributed by atoms with Crippen LogP contribution in [-0.4, -0.2) is 20.9 Å². The van der Waals surface area contributed by atoms with Crippen LogP contribution in [0, 0.1) is 17.4 Å². The Morgan fingerprint density at radius 3 is 2.58 bits per heavy atom. The van der Waals surface area contributed by atoms with Crippen molar-refractivity contribution in [1.29, 1.82) is 0 Å². The van der Waals surface area contributed by atoms with Crippen LogP contribution >= 0.6 is 22.6 Å². The maximum absolute atomic E-state index is 12.3. The van der Waals surface area contributed by atoms with E-state index in [1.807, 2.05) is 31.2 Å². The number of hydrogen-bond donors (Lipinski definition) is 2. The second-order valence-electron chi connectivity index (χ2n) is 5.48. The molecule has 7 heteroatoms. The van der Waals surface area contributed by atoms with Crippen LogP contribution in [0.25, 0.3) is 0 Å². The van der Waals surface area contributed by atoms with Crippen LogP contribution in [0.5, 0.6) is 0 Å². The average Bonchev–Trinajstić information content (AvgIpc) is 2.49. The van der Waals surface area contributed by atoms with Gasteiger partial charge in [-0.3, -0.25) is 4.79 Å². The Labute approximate surface area is 156 Å². The van der Waals surface area contributed by atoms with E-state index in [1.54, 1.807) is 25.1 Å². The highest BCUT2D eigenvalue weighted by Gasteiger charge is 2.17. The molecular formula is C17H19IN2O3S. The number of halogens is 1. The van der Waals surface area contributed by atoms with Crippen LogP contribution in [0.3, 0.4) is 0 Å². The number of hydrogen-bond acceptors (Lipinski definition) is 3. The van der Waals surface area contributed by atoms with Gasteiger partial charge in [-0.2, -0.15) is 0 Å². The number of rotatable bonds is 6. The van der Waals surface area contributed by atoms with Gasteiger partial charge in [-0.25, -0.2) is 13.1 Å². The maximum Gasteiger partial charge on any atom is 0.240 e. The minimum absolute atomic E-state index is 0.0471. The van der Waals surface area contributed by atoms with Crippen molar-refractivity contribution in [3.8, 4) is 0 Å². The molecular weight excluding hydrogens is 439 g/mol. The van der Waals surface area contributed by atoms with E-state index in [4.69, 9.17) is 0 Å². The third kappa shape index (κ3) is 5.29. The van der Waals surface area contributed by atoms with Gasteiger partial charge < -0.3 is 5.32 Å². The predicted octanol–water partition coefficient (Wildman–Crippen LogP) is 3.22. The Morgan fingerprint density at radius 1 is 1.12 bits per heavy atom. The van der Waals surface area contributed by atoms with Gasteiger partial charge in [0.2, 0.25) is 15.9 Å². The first kappa shape index (κ1) is 18.9. The second kappa shape index (κ2) is 8.09. The van der Waals surface area contributed by atoms with Crippen molar-refractivity contribution in [2.24, 2.45) is 0 Å². The number of aryl methyl sites for hydroxylation is 2. The zero-order valence-electron chi connectivity index (χ0n) is 13.5. The van der Waals surface area contributed by atoms with Crippen LogP contribution < -0.4 is 10.0 Å². The van der Waals surface area contributed by atoms with E-state index in [1.165, 1.54) is 0 Å². The molecule has 0 spiro atoms. The van der Waals surface area contributed by atoms with Crippen molar-refractivity contribution in [3.63, 3.8) is 0 Å². The molecule has 0 saturated carbocycles. The fraction of sp³-hybridized carbons (Fsp3) is 0.235. The summed E-state index contributed by atoms with van der Waals surface area (Å²) in [5.41, 5.74) is 2.25. The van der Waals surface area contributed by atoms with Crippen LogP contribution in [0.2, 0.25) is 0 Å². The van der Waals surface area contributed by atoms with Gasteiger partial charge in [-0.05, 0) is 71.8 Å². The molecule has 0 aliphatic rings. The Bertz CT molecular complexity index is 851. The maximum atomic E-state index is 12.3. The molecule has 0 bridgehead atoms. The molecule has 2 rings (SSSR count). The van der Waals surface area contributed by atoms with Crippen molar-refractivity contribution in [1.82, 2.24) is 4.72 Å². The summed E-state index contributed by atoms with van der Waals surface area (Å²) >= 11 is 2.16. The molecule has 1 amide bonds. The molecule has 0 saturated heterocycles. The van der Waals surface area contributed by atoms with Gasteiger partial charge in [-0.15, -0.1) is 0 Å². The third-order valence-electron chi connectivity index (χ3n) is 3.39. The minimum Gasteiger partial charge on any atom is -0.326 e. The lowest BCUT2D eigenvalue weighted by Crippen LogP contribution is -2.28. The zero-order valence-corrected chi connectivity index (χ0v) is 16.4. The molecule has 2 N–H and O–H groups in total. The molecule has 5 nitrogen and oxygen atoms in total. The smallest absolute Gasteiger partial charge is 0.240 e. The highest BCUT2D eigenvalue weighted by Crippen LogP contribution is 2.16. The fourth-order valence-electron chi connectivity index (χ4n) is 2.16. The van der Waals surface area contributed by atoms with E-state index >= 15 is 0 Å². The molecule has 0 atom stereocenters. The van der Waals surface area contributed by atoms with Crippen LogP contribution in [0.15, 0.2) is 47.4 Å². The van der Waals surface area contributed by atoms with Gasteiger partial charge in [0.1, 0.15) is 0 Å². The first-order valence-electron chi connectivity index (χ1n) is 7.40. The molecule has 0 aliphatic heterocycles. The average molecular weight is 458 g/mol. The van der Waals surface area contributed by atoms with Crippen LogP contribution in [0.1, 0.15) is 17.5 Å². The Balaban J connectivity index is 1.93. The molecule has 0 radical (unpaired) electrons. The highest BCUT2D eigenvalue weighted by molar-refractivity contribution is 14.1. The molecule has 0 unspecified atom stereocenters. The molecule has 0 aliphatic carbocycles. The number of carbonyl (C=O) groups excluding carboxylic acids is 1. The van der Waals surface area contributed by atoms with Gasteiger partial charge in [0.05, 0.1) is 4.90 Å². The molecule has 0 heterocycles. The monoisotopic (exact) mass is 458 g/mol. The summed E-state index contributed by atoms with van der Waals surface area (Å²) in [6.45, 7) is 3.64. The van der Waals surface area contributed by atoms with Gasteiger partial charge in [0.25, 0.3) is 0 Å². The lowest BCUT2D eigenvalue weighted by Gasteiger charge is -2.10. The first-order valence-corrected chi connectivity index (χ1v) is 9.96. The SMILES string of the molecule is Cc1ccc(C)c(S(=O)(=O)NCCC(=O)Nc2cccc(I)c2)c1. The van der Waals surface area contributed by atoms with Gasteiger partial charge in [0.15, 0.2) is 0 Å². The predicted molar refractivity (Wildman–Crippen MR) is 104 cm³/mol. The summed E-state index contributed by atoms with van der Waals surface area (Å²) in [5.74, 6) is -0.235. The number of carbonyl (C=O) groups is 1. The summed E-state index contributed by atoms with van der Waals surface area (Å²) in [4.78, 5) is 12.2. The number of sulfonamides is 1. The van der Waals surface area contributed by atoms with Crippen molar-refractivity contribution in [2.45, 2.75) is 25.2 Å². The van der Waals surface area contributed by atoms with E-state index in [0.29, 0.717) is 11.3 Å². The van der Waals surface area contributed by atoms with E-state index in [0.717, 1.165) is 9.13 Å². The van der Waals surface area contributed by atoms with Crippen LogP contribution in [-0.2, 0) is 14.8 Å². The highest BCUT2D eigenvalue weighted by atomic mass is 127. The molecule has 24 heavy (non-hydrogen) atoms. The van der Waals surface area contributed by atoms with Crippen molar-refractivity contribution in [2.75, 3.05) is 11.9 Å². The lowest BCUT2D eigenvalue weighted by atomic mass is 10.2. The summed E-state index contributed by atoms with van der Waals surface area (Å²) in [6.07, 6.45) is 0.0650. The van der Waals surface area contributed by atoms with Gasteiger partial charge in [-0.1, -0.05) is 18.2 Å². The quantitative estimate of drug-likeness (QED) is 0.653. The van der Waals surface area contributed by atoms with Crippen LogP contribution in [0.4, 0.5) is 5.69 Å². The standard InChI is InChI=1S/C17H19IN2O3S/c1-12-6-7-13(2)16(10-12)24(22,23)19-9-8-17(21)20-15-5-3-4-14(18)11-15/h3-7,10-11,19H,8-9H2,1-2H3,(H,20,21). The molecule has 2 aromatic carbocycles. The van der Waals surface area contributed by atoms with E-state index in [9.17, 15) is 13.2 Å².